The molecule has 76 valence electrons. The molecule has 0 aromatic carbocycles. The van der Waals surface area contributed by atoms with E-state index >= 15 is 0 Å². The van der Waals surface area contributed by atoms with Crippen molar-refractivity contribution in [2.75, 3.05) is 18.0 Å². The summed E-state index contributed by atoms with van der Waals surface area (Å²) in [6.45, 7) is 5.37. The first-order valence-electron chi connectivity index (χ1n) is 5.03. The van der Waals surface area contributed by atoms with Crippen LogP contribution in [0.25, 0.3) is 0 Å². The smallest absolute Gasteiger partial charge is 0.0967 e. The molecule has 14 heavy (non-hydrogen) atoms. The van der Waals surface area contributed by atoms with Gasteiger partial charge in [0.15, 0.2) is 0 Å². The van der Waals surface area contributed by atoms with Crippen LogP contribution in [0.5, 0.6) is 0 Å². The molecular weight excluding hydrogens is 176 g/mol. The average molecular weight is 192 g/mol. The van der Waals surface area contributed by atoms with Crippen molar-refractivity contribution in [1.82, 2.24) is 4.98 Å². The first-order chi connectivity index (χ1) is 6.61. The highest BCUT2D eigenvalue weighted by Crippen LogP contribution is 2.26. The Hall–Kier alpha value is -1.09. The summed E-state index contributed by atoms with van der Waals surface area (Å²) in [5.74, 6) is 0. The van der Waals surface area contributed by atoms with E-state index in [9.17, 15) is 5.11 Å². The van der Waals surface area contributed by atoms with Gasteiger partial charge in [-0.3, -0.25) is 4.98 Å². The minimum atomic E-state index is -0.510. The van der Waals surface area contributed by atoms with E-state index in [0.29, 0.717) is 13.1 Å². The van der Waals surface area contributed by atoms with Crippen LogP contribution in [0.2, 0.25) is 0 Å². The predicted molar refractivity (Wildman–Crippen MR) is 56.5 cm³/mol. The van der Waals surface area contributed by atoms with Crippen molar-refractivity contribution >= 4 is 5.69 Å². The third-order valence-corrected chi connectivity index (χ3v) is 2.60. The molecule has 0 atom stereocenters. The molecule has 0 radical (unpaired) electrons. The van der Waals surface area contributed by atoms with E-state index in [2.05, 4.69) is 22.9 Å². The molecule has 1 saturated heterocycles. The molecule has 0 bridgehead atoms. The van der Waals surface area contributed by atoms with E-state index < -0.39 is 5.60 Å². The molecule has 1 aromatic heterocycles. The van der Waals surface area contributed by atoms with Crippen LogP contribution in [0.4, 0.5) is 5.69 Å². The highest BCUT2D eigenvalue weighted by Gasteiger charge is 2.36. The maximum Gasteiger partial charge on any atom is 0.0967 e. The first kappa shape index (κ1) is 9.46. The second-order valence-corrected chi connectivity index (χ2v) is 4.21. The predicted octanol–water partition coefficient (Wildman–Crippen LogP) is 1.21. The molecule has 0 aliphatic carbocycles. The fourth-order valence-corrected chi connectivity index (χ4v) is 1.77. The lowest BCUT2D eigenvalue weighted by atomic mass is 9.96. The van der Waals surface area contributed by atoms with Crippen molar-refractivity contribution in [3.8, 4) is 0 Å². The molecule has 2 rings (SSSR count). The molecule has 0 spiro atoms. The van der Waals surface area contributed by atoms with Crippen LogP contribution in [0.3, 0.4) is 0 Å². The Labute approximate surface area is 84.4 Å². The van der Waals surface area contributed by atoms with Crippen LogP contribution in [0, 0.1) is 0 Å². The zero-order valence-electron chi connectivity index (χ0n) is 8.70. The Bertz CT molecular complexity index is 311. The van der Waals surface area contributed by atoms with Gasteiger partial charge >= 0.3 is 0 Å². The molecule has 1 aromatic rings. The SMILES string of the molecule is CCc1ccc(N2CC(C)(O)C2)cn1. The van der Waals surface area contributed by atoms with Crippen molar-refractivity contribution in [2.45, 2.75) is 25.9 Å². The molecule has 0 amide bonds. The van der Waals surface area contributed by atoms with Gasteiger partial charge in [-0.05, 0) is 25.5 Å². The zero-order chi connectivity index (χ0) is 10.2. The first-order valence-corrected chi connectivity index (χ1v) is 5.03. The van der Waals surface area contributed by atoms with Crippen molar-refractivity contribution in [3.63, 3.8) is 0 Å². The van der Waals surface area contributed by atoms with Gasteiger partial charge in [0.2, 0.25) is 0 Å². The second-order valence-electron chi connectivity index (χ2n) is 4.21. The number of hydrogen-bond donors (Lipinski definition) is 1. The fourth-order valence-electron chi connectivity index (χ4n) is 1.77. The number of aromatic nitrogens is 1. The molecule has 0 saturated carbocycles. The molecule has 1 N–H and O–H groups in total. The standard InChI is InChI=1S/C11H16N2O/c1-3-9-4-5-10(6-12-9)13-7-11(2,14)8-13/h4-6,14H,3,7-8H2,1-2H3. The van der Waals surface area contributed by atoms with Crippen molar-refractivity contribution in [1.29, 1.82) is 0 Å². The van der Waals surface area contributed by atoms with Crippen LogP contribution in [-0.2, 0) is 6.42 Å². The van der Waals surface area contributed by atoms with Crippen LogP contribution in [0.1, 0.15) is 19.5 Å². The molecule has 3 heteroatoms. The van der Waals surface area contributed by atoms with Gasteiger partial charge < -0.3 is 10.0 Å². The molecule has 0 unspecified atom stereocenters. The van der Waals surface area contributed by atoms with Gasteiger partial charge in [0.25, 0.3) is 0 Å². The maximum absolute atomic E-state index is 9.58. The van der Waals surface area contributed by atoms with E-state index in [1.54, 1.807) is 0 Å². The number of nitrogens with zero attached hydrogens (tertiary/aromatic N) is 2. The Kier molecular flexibility index (Phi) is 2.19. The van der Waals surface area contributed by atoms with Crippen LogP contribution in [0.15, 0.2) is 18.3 Å². The topological polar surface area (TPSA) is 36.4 Å². The number of rotatable bonds is 2. The lowest BCUT2D eigenvalue weighted by Crippen LogP contribution is -2.60. The lowest BCUT2D eigenvalue weighted by molar-refractivity contribution is 0.0310. The summed E-state index contributed by atoms with van der Waals surface area (Å²) in [6, 6.07) is 4.11. The summed E-state index contributed by atoms with van der Waals surface area (Å²) >= 11 is 0. The Morgan fingerprint density at radius 3 is 2.64 bits per heavy atom. The Morgan fingerprint density at radius 2 is 2.21 bits per heavy atom. The summed E-state index contributed by atoms with van der Waals surface area (Å²) in [5.41, 5.74) is 1.71. The number of anilines is 1. The molecular formula is C11H16N2O. The van der Waals surface area contributed by atoms with Gasteiger partial charge in [-0.2, -0.15) is 0 Å². The molecule has 1 aliphatic heterocycles. The summed E-state index contributed by atoms with van der Waals surface area (Å²) in [6.07, 6.45) is 2.85. The summed E-state index contributed by atoms with van der Waals surface area (Å²) in [5, 5.41) is 9.58. The molecule has 3 nitrogen and oxygen atoms in total. The summed E-state index contributed by atoms with van der Waals surface area (Å²) in [7, 11) is 0. The molecule has 1 aliphatic rings. The van der Waals surface area contributed by atoms with Gasteiger partial charge in [-0.15, -0.1) is 0 Å². The fraction of sp³-hybridized carbons (Fsp3) is 0.545. The number of pyridine rings is 1. The highest BCUT2D eigenvalue weighted by atomic mass is 16.3. The monoisotopic (exact) mass is 192 g/mol. The Morgan fingerprint density at radius 1 is 1.50 bits per heavy atom. The minimum absolute atomic E-state index is 0.510. The molecule has 1 fully saturated rings. The van der Waals surface area contributed by atoms with Crippen LogP contribution >= 0.6 is 0 Å². The normalized spacial score (nSPS) is 19.2. The van der Waals surface area contributed by atoms with Gasteiger partial charge in [0.1, 0.15) is 0 Å². The van der Waals surface area contributed by atoms with E-state index in [0.717, 1.165) is 17.8 Å². The minimum Gasteiger partial charge on any atom is -0.386 e. The van der Waals surface area contributed by atoms with Gasteiger partial charge in [0, 0.05) is 18.8 Å². The lowest BCUT2D eigenvalue weighted by Gasteiger charge is -2.45. The quantitative estimate of drug-likeness (QED) is 0.765. The Balaban J connectivity index is 2.05. The van der Waals surface area contributed by atoms with E-state index in [1.165, 1.54) is 0 Å². The van der Waals surface area contributed by atoms with E-state index in [4.69, 9.17) is 0 Å². The van der Waals surface area contributed by atoms with E-state index in [-0.39, 0.29) is 0 Å². The maximum atomic E-state index is 9.58. The van der Waals surface area contributed by atoms with Crippen molar-refractivity contribution < 1.29 is 5.11 Å². The summed E-state index contributed by atoms with van der Waals surface area (Å²) < 4.78 is 0. The average Bonchev–Trinajstić information content (AvgIpc) is 2.14. The second kappa shape index (κ2) is 3.24. The largest absolute Gasteiger partial charge is 0.386 e. The number of β-amino-alcohol motifs (C(OH)–C–C–N with tert-alkyl or cyclic N) is 1. The van der Waals surface area contributed by atoms with Crippen molar-refractivity contribution in [2.24, 2.45) is 0 Å². The van der Waals surface area contributed by atoms with Gasteiger partial charge in [-0.1, -0.05) is 6.92 Å². The van der Waals surface area contributed by atoms with E-state index in [1.807, 2.05) is 19.2 Å². The van der Waals surface area contributed by atoms with Crippen LogP contribution in [-0.4, -0.2) is 28.8 Å². The zero-order valence-corrected chi connectivity index (χ0v) is 8.70. The van der Waals surface area contributed by atoms with Gasteiger partial charge in [0.05, 0.1) is 17.5 Å². The van der Waals surface area contributed by atoms with Crippen molar-refractivity contribution in [3.05, 3.63) is 24.0 Å². The highest BCUT2D eigenvalue weighted by molar-refractivity contribution is 5.48. The molecule has 2 heterocycles. The summed E-state index contributed by atoms with van der Waals surface area (Å²) in [4.78, 5) is 6.46. The number of aryl methyl sites for hydroxylation is 1. The third-order valence-electron chi connectivity index (χ3n) is 2.60. The van der Waals surface area contributed by atoms with Gasteiger partial charge in [-0.25, -0.2) is 0 Å². The van der Waals surface area contributed by atoms with Crippen LogP contribution < -0.4 is 4.90 Å². The third kappa shape index (κ3) is 1.73. The number of aliphatic hydroxyl groups is 1. The number of hydrogen-bond acceptors (Lipinski definition) is 3.